The molecule has 0 unspecified atom stereocenters. The third kappa shape index (κ3) is 1.36. The summed E-state index contributed by atoms with van der Waals surface area (Å²) >= 11 is 0. The van der Waals surface area contributed by atoms with Crippen LogP contribution in [0.4, 0.5) is 0 Å². The normalized spacial score (nSPS) is 16.3. The standard InChI is InChI=1S/C6H10NO2/c8-5-2-6(9)7-3-1-4-7/h1,8H,2-5H2/q+1. The molecular weight excluding hydrogens is 118 g/mol. The molecule has 0 aromatic rings. The van der Waals surface area contributed by atoms with Gasteiger partial charge in [0.05, 0.1) is 13.0 Å². The molecule has 0 aromatic heterocycles. The zero-order chi connectivity index (χ0) is 6.69. The molecule has 1 rings (SSSR count). The molecule has 0 aromatic carbocycles. The van der Waals surface area contributed by atoms with Crippen LogP contribution in [0.15, 0.2) is 0 Å². The molecule has 1 heterocycles. The number of aliphatic hydroxyl groups is 1. The summed E-state index contributed by atoms with van der Waals surface area (Å²) < 4.78 is 0. The number of carbonyl (C=O) groups is 1. The van der Waals surface area contributed by atoms with Gasteiger partial charge in [-0.1, -0.05) is 0 Å². The van der Waals surface area contributed by atoms with Crippen molar-refractivity contribution in [2.24, 2.45) is 0 Å². The molecule has 0 atom stereocenters. The van der Waals surface area contributed by atoms with E-state index in [1.807, 2.05) is 6.42 Å². The fraction of sp³-hybridized carbons (Fsp3) is 0.667. The summed E-state index contributed by atoms with van der Waals surface area (Å²) in [4.78, 5) is 12.5. The van der Waals surface area contributed by atoms with Gasteiger partial charge in [0.15, 0.2) is 13.1 Å². The van der Waals surface area contributed by atoms with Crippen LogP contribution < -0.4 is 0 Å². The zero-order valence-electron chi connectivity index (χ0n) is 5.21. The maximum Gasteiger partial charge on any atom is 0.231 e. The van der Waals surface area contributed by atoms with Gasteiger partial charge in [0.25, 0.3) is 0 Å². The Bertz CT molecular complexity index is 110. The summed E-state index contributed by atoms with van der Waals surface area (Å²) in [5, 5.41) is 8.35. The highest BCUT2D eigenvalue weighted by Crippen LogP contribution is 2.05. The number of aliphatic hydroxyl groups excluding tert-OH is 1. The quantitative estimate of drug-likeness (QED) is 0.505. The monoisotopic (exact) mass is 128 g/mol. The lowest BCUT2D eigenvalue weighted by Crippen LogP contribution is -2.42. The van der Waals surface area contributed by atoms with Gasteiger partial charge in [-0.3, -0.25) is 9.69 Å². The van der Waals surface area contributed by atoms with E-state index in [-0.39, 0.29) is 18.9 Å². The van der Waals surface area contributed by atoms with E-state index in [1.165, 1.54) is 0 Å². The third-order valence-electron chi connectivity index (χ3n) is 1.38. The highest BCUT2D eigenvalue weighted by molar-refractivity contribution is 5.77. The summed E-state index contributed by atoms with van der Waals surface area (Å²) in [5.41, 5.74) is 0. The van der Waals surface area contributed by atoms with E-state index in [4.69, 9.17) is 5.11 Å². The predicted octanol–water partition coefficient (Wildman–Crippen LogP) is -0.585. The van der Waals surface area contributed by atoms with E-state index < -0.39 is 0 Å². The Labute approximate surface area is 54.3 Å². The number of amides is 1. The second-order valence-corrected chi connectivity index (χ2v) is 2.06. The van der Waals surface area contributed by atoms with Crippen LogP contribution in [-0.4, -0.2) is 35.6 Å². The largest absolute Gasteiger partial charge is 0.396 e. The molecule has 0 spiro atoms. The topological polar surface area (TPSA) is 40.5 Å². The minimum absolute atomic E-state index is 0.0324. The molecule has 0 aliphatic carbocycles. The third-order valence-corrected chi connectivity index (χ3v) is 1.38. The Kier molecular flexibility index (Phi) is 1.95. The average molecular weight is 128 g/mol. The molecule has 1 saturated heterocycles. The minimum Gasteiger partial charge on any atom is -0.396 e. The maximum atomic E-state index is 10.8. The lowest BCUT2D eigenvalue weighted by molar-refractivity contribution is -0.133. The fourth-order valence-electron chi connectivity index (χ4n) is 0.716. The van der Waals surface area contributed by atoms with Crippen LogP contribution in [0, 0.1) is 6.42 Å². The van der Waals surface area contributed by atoms with Crippen LogP contribution in [0.5, 0.6) is 0 Å². The van der Waals surface area contributed by atoms with E-state index in [1.54, 1.807) is 4.90 Å². The molecule has 0 bridgehead atoms. The van der Waals surface area contributed by atoms with Crippen molar-refractivity contribution in [1.82, 2.24) is 4.90 Å². The van der Waals surface area contributed by atoms with Crippen LogP contribution >= 0.6 is 0 Å². The van der Waals surface area contributed by atoms with E-state index in [0.29, 0.717) is 0 Å². The molecule has 3 nitrogen and oxygen atoms in total. The Balaban J connectivity index is 2.16. The van der Waals surface area contributed by atoms with E-state index >= 15 is 0 Å². The van der Waals surface area contributed by atoms with Crippen molar-refractivity contribution in [3.8, 4) is 0 Å². The molecule has 1 N–H and O–H groups in total. The first-order valence-electron chi connectivity index (χ1n) is 3.05. The molecule has 0 radical (unpaired) electrons. The molecule has 1 aliphatic rings. The van der Waals surface area contributed by atoms with Crippen LogP contribution in [0.3, 0.4) is 0 Å². The molecule has 1 amide bonds. The Morgan fingerprint density at radius 3 is 2.67 bits per heavy atom. The van der Waals surface area contributed by atoms with Gasteiger partial charge in [0, 0.05) is 0 Å². The Morgan fingerprint density at radius 2 is 2.33 bits per heavy atom. The fourth-order valence-corrected chi connectivity index (χ4v) is 0.716. The predicted molar refractivity (Wildman–Crippen MR) is 32.6 cm³/mol. The molecule has 9 heavy (non-hydrogen) atoms. The molecule has 50 valence electrons. The highest BCUT2D eigenvalue weighted by Gasteiger charge is 2.27. The van der Waals surface area contributed by atoms with Crippen molar-refractivity contribution >= 4 is 5.91 Å². The molecule has 0 saturated carbocycles. The number of carbonyl (C=O) groups excluding carboxylic acids is 1. The van der Waals surface area contributed by atoms with Crippen LogP contribution in [0.25, 0.3) is 0 Å². The molecule has 3 heteroatoms. The van der Waals surface area contributed by atoms with Crippen molar-refractivity contribution in [3.05, 3.63) is 6.42 Å². The lowest BCUT2D eigenvalue weighted by atomic mass is 10.2. The van der Waals surface area contributed by atoms with Crippen molar-refractivity contribution in [2.75, 3.05) is 19.7 Å². The second-order valence-electron chi connectivity index (χ2n) is 2.06. The van der Waals surface area contributed by atoms with Gasteiger partial charge in [-0.05, 0) is 0 Å². The Morgan fingerprint density at radius 1 is 1.67 bits per heavy atom. The van der Waals surface area contributed by atoms with Crippen LogP contribution in [0.2, 0.25) is 0 Å². The zero-order valence-corrected chi connectivity index (χ0v) is 5.21. The van der Waals surface area contributed by atoms with Crippen LogP contribution in [-0.2, 0) is 4.79 Å². The van der Waals surface area contributed by atoms with Gasteiger partial charge < -0.3 is 5.11 Å². The molecular formula is C6H10NO2+. The maximum absolute atomic E-state index is 10.8. The highest BCUT2D eigenvalue weighted by atomic mass is 16.3. The first-order chi connectivity index (χ1) is 4.34. The summed E-state index contributed by atoms with van der Waals surface area (Å²) in [6.07, 6.45) is 2.29. The minimum atomic E-state index is -0.0324. The summed E-state index contributed by atoms with van der Waals surface area (Å²) in [5.74, 6) is 0.0556. The number of rotatable bonds is 2. The second kappa shape index (κ2) is 2.73. The van der Waals surface area contributed by atoms with Gasteiger partial charge in [0.1, 0.15) is 6.42 Å². The van der Waals surface area contributed by atoms with E-state index in [0.717, 1.165) is 13.1 Å². The van der Waals surface area contributed by atoms with Crippen molar-refractivity contribution in [2.45, 2.75) is 6.42 Å². The SMILES string of the molecule is O=C(CCO)N1C[CH+]C1. The smallest absolute Gasteiger partial charge is 0.231 e. The van der Waals surface area contributed by atoms with Crippen molar-refractivity contribution in [1.29, 1.82) is 0 Å². The first-order valence-corrected chi connectivity index (χ1v) is 3.05. The number of nitrogens with zero attached hydrogens (tertiary/aromatic N) is 1. The average Bonchev–Trinajstić information content (AvgIpc) is 1.60. The van der Waals surface area contributed by atoms with Gasteiger partial charge in [-0.2, -0.15) is 0 Å². The number of hydrogen-bond acceptors (Lipinski definition) is 2. The van der Waals surface area contributed by atoms with Crippen molar-refractivity contribution < 1.29 is 9.90 Å². The van der Waals surface area contributed by atoms with Gasteiger partial charge in [0.2, 0.25) is 5.91 Å². The first kappa shape index (κ1) is 6.42. The summed E-state index contributed by atoms with van der Waals surface area (Å²) in [6.45, 7) is 1.49. The van der Waals surface area contributed by atoms with Gasteiger partial charge >= 0.3 is 0 Å². The molecule has 1 aliphatic heterocycles. The van der Waals surface area contributed by atoms with E-state index in [2.05, 4.69) is 0 Å². The molecule has 1 fully saturated rings. The van der Waals surface area contributed by atoms with Gasteiger partial charge in [-0.25, -0.2) is 0 Å². The summed E-state index contributed by atoms with van der Waals surface area (Å²) in [6, 6.07) is 0. The van der Waals surface area contributed by atoms with Gasteiger partial charge in [-0.15, -0.1) is 0 Å². The summed E-state index contributed by atoms with van der Waals surface area (Å²) in [7, 11) is 0. The number of hydrogen-bond donors (Lipinski definition) is 1. The number of likely N-dealkylation sites (tertiary alicyclic amines) is 1. The van der Waals surface area contributed by atoms with Crippen LogP contribution in [0.1, 0.15) is 6.42 Å². The van der Waals surface area contributed by atoms with E-state index in [9.17, 15) is 4.79 Å². The van der Waals surface area contributed by atoms with Crippen molar-refractivity contribution in [3.63, 3.8) is 0 Å². The Hall–Kier alpha value is -0.700. The lowest BCUT2D eigenvalue weighted by Gasteiger charge is -2.21.